The van der Waals surface area contributed by atoms with Crippen molar-refractivity contribution in [2.24, 2.45) is 0 Å². The first-order chi connectivity index (χ1) is 11.9. The third-order valence-corrected chi connectivity index (χ3v) is 4.89. The van der Waals surface area contributed by atoms with Gasteiger partial charge in [-0.05, 0) is 36.4 Å². The van der Waals surface area contributed by atoms with Gasteiger partial charge in [-0.2, -0.15) is 13.2 Å². The number of likely N-dealkylation sites (tertiary alicyclic amines) is 1. The smallest absolute Gasteiger partial charge is 0.327 e. The van der Waals surface area contributed by atoms with Crippen LogP contribution >= 0.6 is 11.3 Å². The van der Waals surface area contributed by atoms with Gasteiger partial charge in [-0.25, -0.2) is 4.98 Å². The van der Waals surface area contributed by atoms with Gasteiger partial charge in [0.1, 0.15) is 5.82 Å². The highest BCUT2D eigenvalue weighted by Crippen LogP contribution is 2.34. The van der Waals surface area contributed by atoms with Crippen LogP contribution in [0, 0.1) is 0 Å². The molecule has 1 aliphatic heterocycles. The molecular formula is C16H14F3N3O2S. The predicted molar refractivity (Wildman–Crippen MR) is 85.9 cm³/mol. The summed E-state index contributed by atoms with van der Waals surface area (Å²) in [5.74, 6) is -1.72. The maximum atomic E-state index is 12.5. The molecule has 25 heavy (non-hydrogen) atoms. The van der Waals surface area contributed by atoms with Crippen molar-refractivity contribution in [3.8, 4) is 0 Å². The molecule has 1 atom stereocenters. The van der Waals surface area contributed by atoms with E-state index in [0.717, 1.165) is 29.9 Å². The Morgan fingerprint density at radius 2 is 2.08 bits per heavy atom. The number of amides is 2. The number of nitrogens with zero attached hydrogens (tertiary/aromatic N) is 2. The van der Waals surface area contributed by atoms with Crippen LogP contribution < -0.4 is 5.32 Å². The maximum absolute atomic E-state index is 12.5. The Morgan fingerprint density at radius 3 is 2.68 bits per heavy atom. The Hall–Kier alpha value is -2.42. The van der Waals surface area contributed by atoms with E-state index < -0.39 is 23.6 Å². The van der Waals surface area contributed by atoms with Crippen LogP contribution in [0.2, 0.25) is 0 Å². The maximum Gasteiger partial charge on any atom is 0.417 e. The van der Waals surface area contributed by atoms with Gasteiger partial charge in [0.15, 0.2) is 0 Å². The first-order valence-corrected chi connectivity index (χ1v) is 8.43. The Bertz CT molecular complexity index is 760. The molecule has 2 aromatic heterocycles. The van der Waals surface area contributed by atoms with Crippen LogP contribution in [0.3, 0.4) is 0 Å². The van der Waals surface area contributed by atoms with E-state index >= 15 is 0 Å². The van der Waals surface area contributed by atoms with E-state index in [4.69, 9.17) is 0 Å². The number of anilines is 1. The zero-order valence-electron chi connectivity index (χ0n) is 12.9. The molecule has 0 bridgehead atoms. The molecule has 1 unspecified atom stereocenters. The Morgan fingerprint density at radius 1 is 1.28 bits per heavy atom. The van der Waals surface area contributed by atoms with Crippen molar-refractivity contribution in [3.05, 3.63) is 46.3 Å². The molecule has 0 aromatic carbocycles. The second-order valence-corrected chi connectivity index (χ2v) is 6.54. The summed E-state index contributed by atoms with van der Waals surface area (Å²) in [7, 11) is 0. The Labute approximate surface area is 145 Å². The number of alkyl halides is 3. The normalized spacial score (nSPS) is 17.6. The lowest BCUT2D eigenvalue weighted by atomic mass is 10.2. The SMILES string of the molecule is O=C(Nc1ccc(C(F)(F)F)cn1)C(=O)N1CCCC1c1cccs1. The van der Waals surface area contributed by atoms with Gasteiger partial charge in [-0.15, -0.1) is 11.3 Å². The van der Waals surface area contributed by atoms with Crippen LogP contribution in [0.1, 0.15) is 29.3 Å². The minimum absolute atomic E-state index is 0.0989. The van der Waals surface area contributed by atoms with E-state index in [-0.39, 0.29) is 11.9 Å². The van der Waals surface area contributed by atoms with Crippen LogP contribution in [-0.4, -0.2) is 28.2 Å². The van der Waals surface area contributed by atoms with E-state index in [1.165, 1.54) is 16.2 Å². The van der Waals surface area contributed by atoms with Crippen LogP contribution in [-0.2, 0) is 15.8 Å². The summed E-state index contributed by atoms with van der Waals surface area (Å²) in [4.78, 5) is 30.6. The van der Waals surface area contributed by atoms with Crippen molar-refractivity contribution in [1.82, 2.24) is 9.88 Å². The first-order valence-electron chi connectivity index (χ1n) is 7.55. The molecule has 1 fully saturated rings. The Kier molecular flexibility index (Phi) is 4.76. The van der Waals surface area contributed by atoms with Crippen LogP contribution in [0.4, 0.5) is 19.0 Å². The number of hydrogen-bond donors (Lipinski definition) is 1. The second-order valence-electron chi connectivity index (χ2n) is 5.56. The fourth-order valence-corrected chi connectivity index (χ4v) is 3.60. The van der Waals surface area contributed by atoms with E-state index in [1.807, 2.05) is 17.5 Å². The highest BCUT2D eigenvalue weighted by atomic mass is 32.1. The second kappa shape index (κ2) is 6.83. The van der Waals surface area contributed by atoms with Crippen LogP contribution in [0.25, 0.3) is 0 Å². The highest BCUT2D eigenvalue weighted by molar-refractivity contribution is 7.10. The van der Waals surface area contributed by atoms with Crippen molar-refractivity contribution < 1.29 is 22.8 Å². The monoisotopic (exact) mass is 369 g/mol. The summed E-state index contributed by atoms with van der Waals surface area (Å²) in [5.41, 5.74) is -0.922. The van der Waals surface area contributed by atoms with Gasteiger partial charge in [0.05, 0.1) is 11.6 Å². The fraction of sp³-hybridized carbons (Fsp3) is 0.312. The lowest BCUT2D eigenvalue weighted by molar-refractivity contribution is -0.143. The molecule has 9 heteroatoms. The molecular weight excluding hydrogens is 355 g/mol. The standard InChI is InChI=1S/C16H14F3N3O2S/c17-16(18,19)10-5-6-13(20-9-10)21-14(23)15(24)22-7-1-3-11(22)12-4-2-8-25-12/h2,4-6,8-9,11H,1,3,7H2,(H,20,21,23). The van der Waals surface area contributed by atoms with Crippen LogP contribution in [0.15, 0.2) is 35.8 Å². The molecule has 0 spiro atoms. The molecule has 2 amide bonds. The molecule has 0 saturated carbocycles. The number of carbonyl (C=O) groups is 2. The Balaban J connectivity index is 1.67. The molecule has 0 radical (unpaired) electrons. The van der Waals surface area contributed by atoms with Crippen molar-refractivity contribution in [3.63, 3.8) is 0 Å². The summed E-state index contributed by atoms with van der Waals surface area (Å²) in [5, 5.41) is 4.16. The van der Waals surface area contributed by atoms with Crippen molar-refractivity contribution in [2.45, 2.75) is 25.1 Å². The molecule has 3 rings (SSSR count). The largest absolute Gasteiger partial charge is 0.417 e. The lowest BCUT2D eigenvalue weighted by Crippen LogP contribution is -2.39. The number of aromatic nitrogens is 1. The first kappa shape index (κ1) is 17.4. The molecule has 2 aromatic rings. The molecule has 1 N–H and O–H groups in total. The zero-order chi connectivity index (χ0) is 18.0. The zero-order valence-corrected chi connectivity index (χ0v) is 13.7. The third-order valence-electron chi connectivity index (χ3n) is 3.91. The summed E-state index contributed by atoms with van der Waals surface area (Å²) in [6.45, 7) is 0.468. The number of thiophene rings is 1. The average molecular weight is 369 g/mol. The van der Waals surface area contributed by atoms with Gasteiger partial charge in [-0.3, -0.25) is 9.59 Å². The molecule has 1 aliphatic rings. The molecule has 5 nitrogen and oxygen atoms in total. The topological polar surface area (TPSA) is 62.3 Å². The van der Waals surface area contributed by atoms with Crippen molar-refractivity contribution in [2.75, 3.05) is 11.9 Å². The quantitative estimate of drug-likeness (QED) is 0.825. The number of rotatable bonds is 2. The predicted octanol–water partition coefficient (Wildman–Crippen LogP) is 3.46. The summed E-state index contributed by atoms with van der Waals surface area (Å²) >= 11 is 1.52. The molecule has 0 aliphatic carbocycles. The van der Waals surface area contributed by atoms with Gasteiger partial charge >= 0.3 is 18.0 Å². The molecule has 1 saturated heterocycles. The van der Waals surface area contributed by atoms with E-state index in [2.05, 4.69) is 10.3 Å². The van der Waals surface area contributed by atoms with Gasteiger partial charge in [0, 0.05) is 17.6 Å². The highest BCUT2D eigenvalue weighted by Gasteiger charge is 2.34. The molecule has 132 valence electrons. The number of pyridine rings is 1. The van der Waals surface area contributed by atoms with Gasteiger partial charge in [0.2, 0.25) is 0 Å². The number of carbonyl (C=O) groups excluding carboxylic acids is 2. The number of halogens is 3. The minimum atomic E-state index is -4.51. The van der Waals surface area contributed by atoms with E-state index in [0.29, 0.717) is 12.7 Å². The van der Waals surface area contributed by atoms with E-state index in [1.54, 1.807) is 0 Å². The van der Waals surface area contributed by atoms with Gasteiger partial charge in [0.25, 0.3) is 0 Å². The fourth-order valence-electron chi connectivity index (χ4n) is 2.72. The lowest BCUT2D eigenvalue weighted by Gasteiger charge is -2.23. The third kappa shape index (κ3) is 3.81. The minimum Gasteiger partial charge on any atom is -0.327 e. The summed E-state index contributed by atoms with van der Waals surface area (Å²) < 4.78 is 37.5. The molecule has 3 heterocycles. The number of hydrogen-bond acceptors (Lipinski definition) is 4. The summed E-state index contributed by atoms with van der Waals surface area (Å²) in [6.07, 6.45) is -2.32. The number of nitrogens with one attached hydrogen (secondary N) is 1. The van der Waals surface area contributed by atoms with Gasteiger partial charge < -0.3 is 10.2 Å². The van der Waals surface area contributed by atoms with Crippen molar-refractivity contribution >= 4 is 29.0 Å². The van der Waals surface area contributed by atoms with Crippen LogP contribution in [0.5, 0.6) is 0 Å². The van der Waals surface area contributed by atoms with E-state index in [9.17, 15) is 22.8 Å². The summed E-state index contributed by atoms with van der Waals surface area (Å²) in [6, 6.07) is 5.48. The van der Waals surface area contributed by atoms with Crippen molar-refractivity contribution in [1.29, 1.82) is 0 Å². The van der Waals surface area contributed by atoms with Gasteiger partial charge in [-0.1, -0.05) is 6.07 Å². The average Bonchev–Trinajstić information content (AvgIpc) is 3.24.